The van der Waals surface area contributed by atoms with Crippen LogP contribution in [0.15, 0.2) is 30.3 Å². The molecule has 1 aliphatic rings. The molecule has 21 heavy (non-hydrogen) atoms. The number of hydrogen-bond acceptors (Lipinski definition) is 4. The molecule has 1 aliphatic heterocycles. The molecule has 1 atom stereocenters. The van der Waals surface area contributed by atoms with Crippen LogP contribution in [0.2, 0.25) is 0 Å². The molecule has 1 heterocycles. The summed E-state index contributed by atoms with van der Waals surface area (Å²) in [6, 6.07) is 10.7. The Morgan fingerprint density at radius 3 is 2.43 bits per heavy atom. The van der Waals surface area contributed by atoms with E-state index in [1.165, 1.54) is 5.69 Å². The number of benzene rings is 1. The van der Waals surface area contributed by atoms with Gasteiger partial charge in [-0.1, -0.05) is 25.1 Å². The first-order chi connectivity index (χ1) is 10.2. The Morgan fingerprint density at radius 1 is 1.14 bits per heavy atom. The van der Waals surface area contributed by atoms with Gasteiger partial charge in [0.1, 0.15) is 0 Å². The molecule has 1 aromatic rings. The van der Waals surface area contributed by atoms with Gasteiger partial charge in [-0.15, -0.1) is 0 Å². The van der Waals surface area contributed by atoms with Crippen LogP contribution in [0.5, 0.6) is 0 Å². The Labute approximate surface area is 129 Å². The van der Waals surface area contributed by atoms with Gasteiger partial charge in [-0.05, 0) is 25.6 Å². The number of piperazine rings is 1. The van der Waals surface area contributed by atoms with Gasteiger partial charge >= 0.3 is 0 Å². The van der Waals surface area contributed by atoms with E-state index in [0.717, 1.165) is 52.2 Å². The zero-order valence-corrected chi connectivity index (χ0v) is 13.4. The Bertz CT molecular complexity index is 390. The molecule has 0 radical (unpaired) electrons. The van der Waals surface area contributed by atoms with Crippen molar-refractivity contribution in [1.82, 2.24) is 9.80 Å². The average molecular weight is 291 g/mol. The summed E-state index contributed by atoms with van der Waals surface area (Å²) in [6.45, 7) is 9.38. The average Bonchev–Trinajstić information content (AvgIpc) is 2.54. The van der Waals surface area contributed by atoms with E-state index in [1.807, 2.05) is 6.92 Å². The van der Waals surface area contributed by atoms with Gasteiger partial charge in [0.25, 0.3) is 0 Å². The number of nitrogens with zero attached hydrogens (tertiary/aromatic N) is 3. The summed E-state index contributed by atoms with van der Waals surface area (Å²) in [5.74, 6) is 0. The first-order valence-electron chi connectivity index (χ1n) is 8.08. The molecular weight excluding hydrogens is 262 g/mol. The molecule has 0 spiro atoms. The van der Waals surface area contributed by atoms with Crippen molar-refractivity contribution >= 4 is 5.69 Å². The lowest BCUT2D eigenvalue weighted by atomic mass is 10.2. The SMILES string of the molecule is CCC(O)CN(C)CCN1CCN(c2ccccc2)CC1. The topological polar surface area (TPSA) is 30.0 Å². The summed E-state index contributed by atoms with van der Waals surface area (Å²) in [5.41, 5.74) is 1.33. The predicted octanol–water partition coefficient (Wildman–Crippen LogP) is 1.51. The number of likely N-dealkylation sites (N-methyl/N-ethyl adjacent to an activating group) is 1. The van der Waals surface area contributed by atoms with E-state index in [2.05, 4.69) is 52.1 Å². The molecule has 0 amide bonds. The summed E-state index contributed by atoms with van der Waals surface area (Å²) < 4.78 is 0. The van der Waals surface area contributed by atoms with Crippen molar-refractivity contribution in [2.24, 2.45) is 0 Å². The van der Waals surface area contributed by atoms with Crippen LogP contribution < -0.4 is 4.90 Å². The van der Waals surface area contributed by atoms with Crippen LogP contribution in [0.4, 0.5) is 5.69 Å². The molecule has 1 aromatic carbocycles. The highest BCUT2D eigenvalue weighted by atomic mass is 16.3. The first kappa shape index (κ1) is 16.3. The maximum absolute atomic E-state index is 9.66. The van der Waals surface area contributed by atoms with Crippen molar-refractivity contribution in [2.45, 2.75) is 19.4 Å². The fourth-order valence-electron chi connectivity index (χ4n) is 2.76. The molecule has 0 aliphatic carbocycles. The molecule has 2 rings (SSSR count). The maximum Gasteiger partial charge on any atom is 0.0664 e. The van der Waals surface area contributed by atoms with Gasteiger partial charge in [-0.3, -0.25) is 4.90 Å². The highest BCUT2D eigenvalue weighted by Gasteiger charge is 2.17. The largest absolute Gasteiger partial charge is 0.392 e. The summed E-state index contributed by atoms with van der Waals surface area (Å²) >= 11 is 0. The Morgan fingerprint density at radius 2 is 1.81 bits per heavy atom. The third-order valence-corrected chi connectivity index (χ3v) is 4.29. The van der Waals surface area contributed by atoms with Crippen molar-refractivity contribution < 1.29 is 5.11 Å². The lowest BCUT2D eigenvalue weighted by molar-refractivity contribution is 0.114. The van der Waals surface area contributed by atoms with Crippen LogP contribution >= 0.6 is 0 Å². The second-order valence-corrected chi connectivity index (χ2v) is 5.99. The molecule has 118 valence electrons. The molecule has 0 saturated carbocycles. The van der Waals surface area contributed by atoms with E-state index in [-0.39, 0.29) is 6.10 Å². The zero-order chi connectivity index (χ0) is 15.1. The highest BCUT2D eigenvalue weighted by Crippen LogP contribution is 2.15. The van der Waals surface area contributed by atoms with Crippen LogP contribution in [0.1, 0.15) is 13.3 Å². The molecule has 0 aromatic heterocycles. The fraction of sp³-hybridized carbons (Fsp3) is 0.647. The van der Waals surface area contributed by atoms with Crippen LogP contribution in [0.3, 0.4) is 0 Å². The van der Waals surface area contributed by atoms with Gasteiger partial charge in [-0.25, -0.2) is 0 Å². The second kappa shape index (κ2) is 8.37. The van der Waals surface area contributed by atoms with Crippen molar-refractivity contribution in [1.29, 1.82) is 0 Å². The molecule has 1 N–H and O–H groups in total. The minimum absolute atomic E-state index is 0.190. The quantitative estimate of drug-likeness (QED) is 0.825. The minimum atomic E-state index is -0.190. The standard InChI is InChI=1S/C17H29N3O/c1-3-17(21)15-18(2)9-10-19-11-13-20(14-12-19)16-7-5-4-6-8-16/h4-8,17,21H,3,9-15H2,1-2H3. The number of para-hydroxylation sites is 1. The van der Waals surface area contributed by atoms with Gasteiger partial charge < -0.3 is 14.9 Å². The van der Waals surface area contributed by atoms with Gasteiger partial charge in [0, 0.05) is 51.5 Å². The van der Waals surface area contributed by atoms with Gasteiger partial charge in [0.05, 0.1) is 6.10 Å². The van der Waals surface area contributed by atoms with Crippen LogP contribution in [-0.2, 0) is 0 Å². The summed E-state index contributed by atoms with van der Waals surface area (Å²) in [4.78, 5) is 7.22. The van der Waals surface area contributed by atoms with Crippen LogP contribution in [-0.4, -0.2) is 73.9 Å². The molecule has 1 saturated heterocycles. The summed E-state index contributed by atoms with van der Waals surface area (Å²) in [7, 11) is 2.10. The van der Waals surface area contributed by atoms with Crippen molar-refractivity contribution in [2.75, 3.05) is 57.8 Å². The third-order valence-electron chi connectivity index (χ3n) is 4.29. The molecule has 0 bridgehead atoms. The molecular formula is C17H29N3O. The molecule has 1 fully saturated rings. The highest BCUT2D eigenvalue weighted by molar-refractivity contribution is 5.46. The number of aliphatic hydroxyl groups is 1. The second-order valence-electron chi connectivity index (χ2n) is 5.99. The van der Waals surface area contributed by atoms with E-state index in [4.69, 9.17) is 0 Å². The Hall–Kier alpha value is -1.10. The predicted molar refractivity (Wildman–Crippen MR) is 88.9 cm³/mol. The smallest absolute Gasteiger partial charge is 0.0664 e. The monoisotopic (exact) mass is 291 g/mol. The maximum atomic E-state index is 9.66. The number of hydrogen-bond donors (Lipinski definition) is 1. The van der Waals surface area contributed by atoms with Crippen LogP contribution in [0.25, 0.3) is 0 Å². The summed E-state index contributed by atoms with van der Waals surface area (Å²) in [5, 5.41) is 9.66. The molecule has 4 nitrogen and oxygen atoms in total. The lowest BCUT2D eigenvalue weighted by Gasteiger charge is -2.36. The van der Waals surface area contributed by atoms with Gasteiger partial charge in [-0.2, -0.15) is 0 Å². The van der Waals surface area contributed by atoms with E-state index >= 15 is 0 Å². The number of aliphatic hydroxyl groups excluding tert-OH is 1. The Balaban J connectivity index is 1.67. The third kappa shape index (κ3) is 5.30. The summed E-state index contributed by atoms with van der Waals surface area (Å²) in [6.07, 6.45) is 0.644. The first-order valence-corrected chi connectivity index (χ1v) is 8.08. The van der Waals surface area contributed by atoms with Crippen molar-refractivity contribution in [3.63, 3.8) is 0 Å². The van der Waals surface area contributed by atoms with Gasteiger partial charge in [0.15, 0.2) is 0 Å². The molecule has 4 heteroatoms. The van der Waals surface area contributed by atoms with Crippen molar-refractivity contribution in [3.8, 4) is 0 Å². The normalized spacial score (nSPS) is 18.2. The van der Waals surface area contributed by atoms with Crippen molar-refractivity contribution in [3.05, 3.63) is 30.3 Å². The van der Waals surface area contributed by atoms with Crippen LogP contribution in [0, 0.1) is 0 Å². The zero-order valence-electron chi connectivity index (χ0n) is 13.4. The van der Waals surface area contributed by atoms with E-state index in [1.54, 1.807) is 0 Å². The molecule has 1 unspecified atom stereocenters. The van der Waals surface area contributed by atoms with E-state index in [0.29, 0.717) is 0 Å². The fourth-order valence-corrected chi connectivity index (χ4v) is 2.76. The van der Waals surface area contributed by atoms with E-state index < -0.39 is 0 Å². The number of rotatable bonds is 7. The Kier molecular flexibility index (Phi) is 6.49. The lowest BCUT2D eigenvalue weighted by Crippen LogP contribution is -2.48. The van der Waals surface area contributed by atoms with E-state index in [9.17, 15) is 5.11 Å². The van der Waals surface area contributed by atoms with Gasteiger partial charge in [0.2, 0.25) is 0 Å². The number of anilines is 1. The minimum Gasteiger partial charge on any atom is -0.392 e.